The van der Waals surface area contributed by atoms with Crippen molar-refractivity contribution in [2.75, 3.05) is 10.6 Å². The van der Waals surface area contributed by atoms with Crippen LogP contribution in [0.2, 0.25) is 5.15 Å². The average molecular weight is 229 g/mol. The van der Waals surface area contributed by atoms with Crippen molar-refractivity contribution in [3.63, 3.8) is 0 Å². The maximum absolute atomic E-state index is 5.89. The molecule has 0 unspecified atom stereocenters. The standard InChI is InChI=1S/C10H17ClN4/c1-6(2)12-9-5-8(11)14-10(15-9)13-7(3)4/h5-7H,1-4H3,(H2,12,13,14,15). The molecule has 0 atom stereocenters. The monoisotopic (exact) mass is 228 g/mol. The highest BCUT2D eigenvalue weighted by atomic mass is 35.5. The zero-order chi connectivity index (χ0) is 11.4. The summed E-state index contributed by atoms with van der Waals surface area (Å²) in [6.07, 6.45) is 0. The topological polar surface area (TPSA) is 49.8 Å². The zero-order valence-electron chi connectivity index (χ0n) is 9.50. The molecule has 0 radical (unpaired) electrons. The van der Waals surface area contributed by atoms with E-state index in [2.05, 4.69) is 20.6 Å². The minimum Gasteiger partial charge on any atom is -0.368 e. The fourth-order valence-electron chi connectivity index (χ4n) is 1.11. The van der Waals surface area contributed by atoms with E-state index in [-0.39, 0.29) is 6.04 Å². The van der Waals surface area contributed by atoms with Crippen molar-refractivity contribution in [3.8, 4) is 0 Å². The van der Waals surface area contributed by atoms with Gasteiger partial charge in [0.05, 0.1) is 0 Å². The van der Waals surface area contributed by atoms with Crippen LogP contribution in [0.3, 0.4) is 0 Å². The van der Waals surface area contributed by atoms with Crippen LogP contribution in [0.4, 0.5) is 11.8 Å². The summed E-state index contributed by atoms with van der Waals surface area (Å²) < 4.78 is 0. The summed E-state index contributed by atoms with van der Waals surface area (Å²) in [4.78, 5) is 8.38. The Hall–Kier alpha value is -1.03. The van der Waals surface area contributed by atoms with Crippen LogP contribution in [0.15, 0.2) is 6.07 Å². The normalized spacial score (nSPS) is 10.9. The first-order chi connectivity index (χ1) is 6.97. The number of anilines is 2. The predicted molar refractivity (Wildman–Crippen MR) is 64.6 cm³/mol. The molecule has 1 aromatic heterocycles. The molecular formula is C10H17ClN4. The van der Waals surface area contributed by atoms with Crippen molar-refractivity contribution >= 4 is 23.4 Å². The van der Waals surface area contributed by atoms with E-state index >= 15 is 0 Å². The van der Waals surface area contributed by atoms with Gasteiger partial charge in [-0.15, -0.1) is 0 Å². The molecular weight excluding hydrogens is 212 g/mol. The minimum atomic E-state index is 0.287. The lowest BCUT2D eigenvalue weighted by molar-refractivity contribution is 0.862. The van der Waals surface area contributed by atoms with Gasteiger partial charge in [0.15, 0.2) is 0 Å². The molecule has 0 aliphatic rings. The Kier molecular flexibility index (Phi) is 4.15. The molecule has 0 saturated carbocycles. The van der Waals surface area contributed by atoms with Crippen molar-refractivity contribution in [1.82, 2.24) is 9.97 Å². The van der Waals surface area contributed by atoms with Gasteiger partial charge < -0.3 is 10.6 Å². The molecule has 0 bridgehead atoms. The molecule has 0 aliphatic carbocycles. The van der Waals surface area contributed by atoms with Crippen molar-refractivity contribution in [2.24, 2.45) is 0 Å². The Labute approximate surface area is 95.5 Å². The first-order valence-electron chi connectivity index (χ1n) is 5.05. The van der Waals surface area contributed by atoms with Crippen LogP contribution < -0.4 is 10.6 Å². The van der Waals surface area contributed by atoms with E-state index in [1.807, 2.05) is 27.7 Å². The first kappa shape index (κ1) is 12.0. The predicted octanol–water partition coefficient (Wildman–Crippen LogP) is 2.77. The van der Waals surface area contributed by atoms with Gasteiger partial charge in [-0.25, -0.2) is 4.98 Å². The lowest BCUT2D eigenvalue weighted by Crippen LogP contribution is -2.15. The van der Waals surface area contributed by atoms with Gasteiger partial charge in [0.2, 0.25) is 5.95 Å². The molecule has 84 valence electrons. The molecule has 5 heteroatoms. The molecule has 0 amide bonds. The third-order valence-corrected chi connectivity index (χ3v) is 1.74. The highest BCUT2D eigenvalue weighted by Crippen LogP contribution is 2.15. The zero-order valence-corrected chi connectivity index (χ0v) is 10.3. The molecule has 1 rings (SSSR count). The third-order valence-electron chi connectivity index (χ3n) is 1.55. The second-order valence-electron chi connectivity index (χ2n) is 4.00. The lowest BCUT2D eigenvalue weighted by atomic mass is 10.4. The van der Waals surface area contributed by atoms with E-state index in [0.29, 0.717) is 17.1 Å². The van der Waals surface area contributed by atoms with Crippen LogP contribution in [0.1, 0.15) is 27.7 Å². The fourth-order valence-corrected chi connectivity index (χ4v) is 1.29. The van der Waals surface area contributed by atoms with E-state index in [4.69, 9.17) is 11.6 Å². The number of nitrogens with one attached hydrogen (secondary N) is 2. The van der Waals surface area contributed by atoms with Crippen molar-refractivity contribution in [1.29, 1.82) is 0 Å². The molecule has 0 spiro atoms. The van der Waals surface area contributed by atoms with Crippen molar-refractivity contribution < 1.29 is 0 Å². The Morgan fingerprint density at radius 1 is 1.07 bits per heavy atom. The average Bonchev–Trinajstić information content (AvgIpc) is 1.98. The summed E-state index contributed by atoms with van der Waals surface area (Å²) in [5, 5.41) is 6.74. The summed E-state index contributed by atoms with van der Waals surface area (Å²) in [6, 6.07) is 2.32. The Balaban J connectivity index is 2.84. The van der Waals surface area contributed by atoms with Gasteiger partial charge in [0.1, 0.15) is 11.0 Å². The van der Waals surface area contributed by atoms with Gasteiger partial charge >= 0.3 is 0 Å². The van der Waals surface area contributed by atoms with E-state index < -0.39 is 0 Å². The highest BCUT2D eigenvalue weighted by Gasteiger charge is 2.04. The van der Waals surface area contributed by atoms with Crippen LogP contribution in [0.5, 0.6) is 0 Å². The number of nitrogens with zero attached hydrogens (tertiary/aromatic N) is 2. The molecule has 1 heterocycles. The van der Waals surface area contributed by atoms with Crippen LogP contribution in [0.25, 0.3) is 0 Å². The summed E-state index contributed by atoms with van der Waals surface area (Å²) in [5.41, 5.74) is 0. The molecule has 2 N–H and O–H groups in total. The van der Waals surface area contributed by atoms with Gasteiger partial charge in [0.25, 0.3) is 0 Å². The van der Waals surface area contributed by atoms with Gasteiger partial charge in [0, 0.05) is 18.2 Å². The maximum Gasteiger partial charge on any atom is 0.226 e. The maximum atomic E-state index is 5.89. The number of aromatic nitrogens is 2. The SMILES string of the molecule is CC(C)Nc1cc(Cl)nc(NC(C)C)n1. The molecule has 0 aromatic carbocycles. The Morgan fingerprint density at radius 2 is 1.67 bits per heavy atom. The number of hydrogen-bond acceptors (Lipinski definition) is 4. The van der Waals surface area contributed by atoms with Gasteiger partial charge in [-0.05, 0) is 27.7 Å². The first-order valence-corrected chi connectivity index (χ1v) is 5.43. The molecule has 0 fully saturated rings. The Morgan fingerprint density at radius 3 is 2.20 bits per heavy atom. The van der Waals surface area contributed by atoms with Gasteiger partial charge in [-0.3, -0.25) is 0 Å². The van der Waals surface area contributed by atoms with Gasteiger partial charge in [-0.2, -0.15) is 4.98 Å². The van der Waals surface area contributed by atoms with E-state index in [1.54, 1.807) is 6.07 Å². The molecule has 15 heavy (non-hydrogen) atoms. The summed E-state index contributed by atoms with van der Waals surface area (Å²) in [6.45, 7) is 8.15. The van der Waals surface area contributed by atoms with E-state index in [9.17, 15) is 0 Å². The second kappa shape index (κ2) is 5.16. The third kappa shape index (κ3) is 4.34. The van der Waals surface area contributed by atoms with Crippen LogP contribution in [-0.4, -0.2) is 22.1 Å². The van der Waals surface area contributed by atoms with Crippen molar-refractivity contribution in [3.05, 3.63) is 11.2 Å². The van der Waals surface area contributed by atoms with E-state index in [1.165, 1.54) is 0 Å². The second-order valence-corrected chi connectivity index (χ2v) is 4.38. The van der Waals surface area contributed by atoms with Crippen LogP contribution >= 0.6 is 11.6 Å². The number of rotatable bonds is 4. The van der Waals surface area contributed by atoms with Crippen LogP contribution in [-0.2, 0) is 0 Å². The molecule has 1 aromatic rings. The molecule has 0 aliphatic heterocycles. The quantitative estimate of drug-likeness (QED) is 0.779. The number of halogens is 1. The van der Waals surface area contributed by atoms with E-state index in [0.717, 1.165) is 5.82 Å². The summed E-state index contributed by atoms with van der Waals surface area (Å²) in [5.74, 6) is 1.30. The largest absolute Gasteiger partial charge is 0.368 e. The summed E-state index contributed by atoms with van der Waals surface area (Å²) >= 11 is 5.89. The Bertz CT molecular complexity index is 297. The highest BCUT2D eigenvalue weighted by molar-refractivity contribution is 6.29. The van der Waals surface area contributed by atoms with Gasteiger partial charge in [-0.1, -0.05) is 11.6 Å². The summed E-state index contributed by atoms with van der Waals surface area (Å²) in [7, 11) is 0. The fraction of sp³-hybridized carbons (Fsp3) is 0.600. The number of hydrogen-bond donors (Lipinski definition) is 2. The molecule has 0 saturated heterocycles. The minimum absolute atomic E-state index is 0.287. The van der Waals surface area contributed by atoms with Crippen LogP contribution in [0, 0.1) is 0 Å². The lowest BCUT2D eigenvalue weighted by Gasteiger charge is -2.12. The molecule has 4 nitrogen and oxygen atoms in total. The smallest absolute Gasteiger partial charge is 0.226 e. The van der Waals surface area contributed by atoms with Crippen molar-refractivity contribution in [2.45, 2.75) is 39.8 Å².